The summed E-state index contributed by atoms with van der Waals surface area (Å²) in [6, 6.07) is -0.369. The van der Waals surface area contributed by atoms with E-state index in [9.17, 15) is 14.7 Å². The maximum atomic E-state index is 12.7. The number of primary amides is 1. The SMILES string of the molecule is COC1CC(N(C(=O)OC(C)(C)C)C(O)(C(N)=O)C(C)(C)C)C1. The molecule has 2 amide bonds. The summed E-state index contributed by atoms with van der Waals surface area (Å²) in [5.41, 5.74) is 1.59. The molecule has 1 aliphatic rings. The lowest BCUT2D eigenvalue weighted by molar-refractivity contribution is -0.204. The van der Waals surface area contributed by atoms with Gasteiger partial charge in [-0.3, -0.25) is 9.69 Å². The van der Waals surface area contributed by atoms with Crippen LogP contribution in [0.3, 0.4) is 0 Å². The second kappa shape index (κ2) is 6.28. The Bertz CT molecular complexity index is 460. The molecule has 0 heterocycles. The van der Waals surface area contributed by atoms with Crippen molar-refractivity contribution in [3.05, 3.63) is 0 Å². The summed E-state index contributed by atoms with van der Waals surface area (Å²) in [4.78, 5) is 25.8. The molecular formula is C16H30N2O5. The highest BCUT2D eigenvalue weighted by atomic mass is 16.6. The standard InChI is InChI=1S/C16H30N2O5/c1-14(2,3)16(21,12(17)19)18(10-8-11(9-10)22-7)13(20)23-15(4,5)6/h10-11,21H,8-9H2,1-7H3,(H2,17,19). The van der Waals surface area contributed by atoms with Crippen LogP contribution in [0.4, 0.5) is 4.79 Å². The summed E-state index contributed by atoms with van der Waals surface area (Å²) >= 11 is 0. The van der Waals surface area contributed by atoms with Crippen LogP contribution >= 0.6 is 0 Å². The summed E-state index contributed by atoms with van der Waals surface area (Å²) < 4.78 is 10.6. The number of ether oxygens (including phenoxy) is 2. The highest BCUT2D eigenvalue weighted by Gasteiger charge is 2.57. The van der Waals surface area contributed by atoms with Crippen molar-refractivity contribution < 1.29 is 24.2 Å². The quantitative estimate of drug-likeness (QED) is 0.763. The van der Waals surface area contributed by atoms with E-state index in [-0.39, 0.29) is 12.1 Å². The van der Waals surface area contributed by atoms with Crippen molar-refractivity contribution in [3.8, 4) is 0 Å². The first-order chi connectivity index (χ1) is 10.2. The number of carbonyl (C=O) groups excluding carboxylic acids is 2. The molecule has 0 aromatic heterocycles. The number of nitrogens with zero attached hydrogens (tertiary/aromatic N) is 1. The van der Waals surface area contributed by atoms with Crippen LogP contribution in [-0.2, 0) is 14.3 Å². The lowest BCUT2D eigenvalue weighted by Gasteiger charge is -2.52. The Morgan fingerprint density at radius 1 is 1.13 bits per heavy atom. The summed E-state index contributed by atoms with van der Waals surface area (Å²) in [7, 11) is 1.59. The van der Waals surface area contributed by atoms with Crippen LogP contribution in [0.1, 0.15) is 54.4 Å². The molecule has 7 heteroatoms. The van der Waals surface area contributed by atoms with Gasteiger partial charge in [0.15, 0.2) is 0 Å². The molecule has 1 atom stereocenters. The van der Waals surface area contributed by atoms with E-state index in [0.29, 0.717) is 12.8 Å². The molecular weight excluding hydrogens is 300 g/mol. The van der Waals surface area contributed by atoms with Crippen LogP contribution in [0.25, 0.3) is 0 Å². The average molecular weight is 330 g/mol. The molecule has 0 aromatic rings. The third kappa shape index (κ3) is 3.95. The van der Waals surface area contributed by atoms with Crippen LogP contribution in [-0.4, -0.2) is 52.6 Å². The zero-order chi connectivity index (χ0) is 18.2. The highest BCUT2D eigenvalue weighted by molar-refractivity contribution is 5.88. The second-order valence-electron chi connectivity index (χ2n) is 8.12. The fourth-order valence-corrected chi connectivity index (χ4v) is 2.65. The number of hydrogen-bond acceptors (Lipinski definition) is 5. The smallest absolute Gasteiger partial charge is 0.413 e. The van der Waals surface area contributed by atoms with Crippen molar-refractivity contribution in [1.82, 2.24) is 4.90 Å². The first-order valence-corrected chi connectivity index (χ1v) is 7.81. The van der Waals surface area contributed by atoms with Crippen LogP contribution < -0.4 is 5.73 Å². The van der Waals surface area contributed by atoms with Crippen molar-refractivity contribution in [2.75, 3.05) is 7.11 Å². The lowest BCUT2D eigenvalue weighted by atomic mass is 9.77. The summed E-state index contributed by atoms with van der Waals surface area (Å²) in [6.45, 7) is 10.1. The zero-order valence-corrected chi connectivity index (χ0v) is 15.2. The van der Waals surface area contributed by atoms with E-state index >= 15 is 0 Å². The third-order valence-electron chi connectivity index (χ3n) is 4.10. The monoisotopic (exact) mass is 330 g/mol. The van der Waals surface area contributed by atoms with Crippen molar-refractivity contribution in [2.24, 2.45) is 11.1 Å². The van der Waals surface area contributed by atoms with Gasteiger partial charge >= 0.3 is 6.09 Å². The predicted octanol–water partition coefficient (Wildman–Crippen LogP) is 1.62. The molecule has 0 bridgehead atoms. The highest BCUT2D eigenvalue weighted by Crippen LogP contribution is 2.41. The van der Waals surface area contributed by atoms with Crippen molar-refractivity contribution >= 4 is 12.0 Å². The normalized spacial score (nSPS) is 24.3. The number of methoxy groups -OCH3 is 1. The van der Waals surface area contributed by atoms with Crippen LogP contribution in [0.5, 0.6) is 0 Å². The van der Waals surface area contributed by atoms with E-state index in [1.807, 2.05) is 0 Å². The number of hydrogen-bond donors (Lipinski definition) is 2. The summed E-state index contributed by atoms with van der Waals surface area (Å²) in [6.07, 6.45) is 0.262. The van der Waals surface area contributed by atoms with Gasteiger partial charge in [-0.25, -0.2) is 4.79 Å². The fourth-order valence-electron chi connectivity index (χ4n) is 2.65. The van der Waals surface area contributed by atoms with Gasteiger partial charge in [0, 0.05) is 18.6 Å². The molecule has 0 radical (unpaired) electrons. The zero-order valence-electron chi connectivity index (χ0n) is 15.2. The predicted molar refractivity (Wildman–Crippen MR) is 85.5 cm³/mol. The minimum atomic E-state index is -2.15. The third-order valence-corrected chi connectivity index (χ3v) is 4.10. The fraction of sp³-hybridized carbons (Fsp3) is 0.875. The number of nitrogens with two attached hydrogens (primary N) is 1. The number of aliphatic hydroxyl groups is 1. The van der Waals surface area contributed by atoms with E-state index in [0.717, 1.165) is 4.90 Å². The van der Waals surface area contributed by atoms with Crippen LogP contribution in [0.2, 0.25) is 0 Å². The Balaban J connectivity index is 3.22. The molecule has 1 saturated carbocycles. The maximum absolute atomic E-state index is 12.7. The molecule has 23 heavy (non-hydrogen) atoms. The van der Waals surface area contributed by atoms with E-state index in [2.05, 4.69) is 0 Å². The molecule has 0 spiro atoms. The van der Waals surface area contributed by atoms with Gasteiger partial charge in [0.25, 0.3) is 5.91 Å². The van der Waals surface area contributed by atoms with Crippen molar-refractivity contribution in [2.45, 2.75) is 77.9 Å². The van der Waals surface area contributed by atoms with E-state index in [1.165, 1.54) is 0 Å². The number of rotatable bonds is 4. The lowest BCUT2D eigenvalue weighted by Crippen LogP contribution is -2.71. The van der Waals surface area contributed by atoms with Gasteiger partial charge in [0.1, 0.15) is 5.60 Å². The van der Waals surface area contributed by atoms with Gasteiger partial charge < -0.3 is 20.3 Å². The molecule has 0 aliphatic heterocycles. The van der Waals surface area contributed by atoms with Gasteiger partial charge in [-0.2, -0.15) is 0 Å². The molecule has 1 fully saturated rings. The molecule has 0 aromatic carbocycles. The van der Waals surface area contributed by atoms with Gasteiger partial charge in [0.2, 0.25) is 5.72 Å². The van der Waals surface area contributed by atoms with E-state index < -0.39 is 28.7 Å². The van der Waals surface area contributed by atoms with Gasteiger partial charge in [0.05, 0.1) is 6.10 Å². The molecule has 1 unspecified atom stereocenters. The van der Waals surface area contributed by atoms with Crippen LogP contribution in [0, 0.1) is 5.41 Å². The number of amides is 2. The topological polar surface area (TPSA) is 102 Å². The van der Waals surface area contributed by atoms with Gasteiger partial charge in [-0.05, 0) is 33.6 Å². The number of carbonyl (C=O) groups is 2. The Hall–Kier alpha value is -1.34. The van der Waals surface area contributed by atoms with Gasteiger partial charge in [-0.15, -0.1) is 0 Å². The summed E-state index contributed by atoms with van der Waals surface area (Å²) in [5.74, 6) is -0.975. The Kier molecular flexibility index (Phi) is 5.38. The first-order valence-electron chi connectivity index (χ1n) is 7.81. The molecule has 1 rings (SSSR count). The molecule has 7 nitrogen and oxygen atoms in total. The Labute approximate surface area is 138 Å². The van der Waals surface area contributed by atoms with Crippen LogP contribution in [0.15, 0.2) is 0 Å². The second-order valence-corrected chi connectivity index (χ2v) is 8.12. The first kappa shape index (κ1) is 19.7. The molecule has 0 saturated heterocycles. The van der Waals surface area contributed by atoms with E-state index in [1.54, 1.807) is 48.7 Å². The Morgan fingerprint density at radius 2 is 1.61 bits per heavy atom. The van der Waals surface area contributed by atoms with Crippen molar-refractivity contribution in [3.63, 3.8) is 0 Å². The minimum absolute atomic E-state index is 0.0120. The van der Waals surface area contributed by atoms with Crippen molar-refractivity contribution in [1.29, 1.82) is 0 Å². The molecule has 1 aliphatic carbocycles. The van der Waals surface area contributed by atoms with Gasteiger partial charge in [-0.1, -0.05) is 20.8 Å². The maximum Gasteiger partial charge on any atom is 0.413 e. The molecule has 134 valence electrons. The minimum Gasteiger partial charge on any atom is -0.444 e. The largest absolute Gasteiger partial charge is 0.444 e. The summed E-state index contributed by atoms with van der Waals surface area (Å²) in [5, 5.41) is 11.1. The molecule has 3 N–H and O–H groups in total. The average Bonchev–Trinajstić information content (AvgIpc) is 2.27. The Morgan fingerprint density at radius 3 is 1.91 bits per heavy atom. The van der Waals surface area contributed by atoms with E-state index in [4.69, 9.17) is 15.2 Å².